The lowest BCUT2D eigenvalue weighted by Gasteiger charge is -2.18. The lowest BCUT2D eigenvalue weighted by molar-refractivity contribution is 0.0784. The van der Waals surface area contributed by atoms with Crippen LogP contribution in [-0.2, 0) is 6.54 Å². The molecule has 0 aliphatic heterocycles. The fourth-order valence-electron chi connectivity index (χ4n) is 1.85. The van der Waals surface area contributed by atoms with Gasteiger partial charge < -0.3 is 4.90 Å². The van der Waals surface area contributed by atoms with Crippen molar-refractivity contribution < 1.29 is 9.18 Å². The van der Waals surface area contributed by atoms with Crippen molar-refractivity contribution in [1.29, 1.82) is 0 Å². The first-order chi connectivity index (χ1) is 9.88. The molecule has 0 spiro atoms. The summed E-state index contributed by atoms with van der Waals surface area (Å²) in [5, 5.41) is 0.911. The lowest BCUT2D eigenvalue weighted by Crippen LogP contribution is -2.26. The van der Waals surface area contributed by atoms with Crippen LogP contribution in [0.25, 0.3) is 0 Å². The second-order valence-corrected chi connectivity index (χ2v) is 6.20. The van der Waals surface area contributed by atoms with Crippen LogP contribution in [0.5, 0.6) is 0 Å². The van der Waals surface area contributed by atoms with Crippen LogP contribution in [0.3, 0.4) is 0 Å². The van der Waals surface area contributed by atoms with Crippen molar-refractivity contribution >= 4 is 45.0 Å². The summed E-state index contributed by atoms with van der Waals surface area (Å²) in [5.74, 6) is -0.612. The van der Waals surface area contributed by atoms with Gasteiger partial charge in [0.05, 0.1) is 15.6 Å². The summed E-state index contributed by atoms with van der Waals surface area (Å²) in [5.41, 5.74) is 1.26. The first-order valence-corrected chi connectivity index (χ1v) is 7.58. The lowest BCUT2D eigenvalue weighted by atomic mass is 10.1. The van der Waals surface area contributed by atoms with E-state index in [0.29, 0.717) is 26.6 Å². The van der Waals surface area contributed by atoms with E-state index < -0.39 is 5.82 Å². The minimum atomic E-state index is -0.398. The van der Waals surface area contributed by atoms with Crippen LogP contribution in [0.15, 0.2) is 40.9 Å². The Morgan fingerprint density at radius 2 is 1.90 bits per heavy atom. The molecule has 0 N–H and O–H groups in total. The molecule has 21 heavy (non-hydrogen) atoms. The van der Waals surface area contributed by atoms with Crippen LogP contribution in [0.2, 0.25) is 10.0 Å². The van der Waals surface area contributed by atoms with Crippen molar-refractivity contribution in [1.82, 2.24) is 4.90 Å². The molecule has 110 valence electrons. The minimum Gasteiger partial charge on any atom is -0.337 e. The highest BCUT2D eigenvalue weighted by atomic mass is 79.9. The van der Waals surface area contributed by atoms with Crippen molar-refractivity contribution in [3.05, 3.63) is 67.9 Å². The summed E-state index contributed by atoms with van der Waals surface area (Å²) in [6, 6.07) is 9.18. The number of halogens is 4. The topological polar surface area (TPSA) is 20.3 Å². The first kappa shape index (κ1) is 16.3. The fourth-order valence-corrected chi connectivity index (χ4v) is 2.69. The maximum absolute atomic E-state index is 13.1. The number of rotatable bonds is 3. The summed E-state index contributed by atoms with van der Waals surface area (Å²) in [7, 11) is 1.67. The molecular formula is C15H11BrCl2FNO. The predicted molar refractivity (Wildman–Crippen MR) is 86.4 cm³/mol. The molecule has 0 heterocycles. The molecule has 2 aromatic carbocycles. The smallest absolute Gasteiger partial charge is 0.255 e. The van der Waals surface area contributed by atoms with E-state index in [1.807, 2.05) is 0 Å². The van der Waals surface area contributed by atoms with Gasteiger partial charge in [0.2, 0.25) is 0 Å². The highest BCUT2D eigenvalue weighted by Crippen LogP contribution is 2.24. The van der Waals surface area contributed by atoms with Gasteiger partial charge in [0, 0.05) is 18.1 Å². The maximum atomic E-state index is 13.1. The molecule has 0 fully saturated rings. The minimum absolute atomic E-state index is 0.215. The van der Waals surface area contributed by atoms with E-state index in [0.717, 1.165) is 5.56 Å². The normalized spacial score (nSPS) is 10.5. The molecule has 0 atom stereocenters. The third kappa shape index (κ3) is 3.96. The molecule has 1 amide bonds. The molecular weight excluding hydrogens is 380 g/mol. The highest BCUT2D eigenvalue weighted by molar-refractivity contribution is 9.10. The Kier molecular flexibility index (Phi) is 5.25. The molecule has 2 rings (SSSR count). The third-order valence-corrected chi connectivity index (χ3v) is 4.31. The summed E-state index contributed by atoms with van der Waals surface area (Å²) < 4.78 is 13.5. The molecule has 0 aliphatic carbocycles. The van der Waals surface area contributed by atoms with Crippen molar-refractivity contribution in [2.75, 3.05) is 7.05 Å². The molecule has 2 nitrogen and oxygen atoms in total. The second kappa shape index (κ2) is 6.77. The standard InChI is InChI=1S/C15H11BrCl2FNO/c1-20(8-9-2-5-13(17)14(18)6-9)15(21)11-4-3-10(19)7-12(11)16/h2-7H,8H2,1H3. The van der Waals surface area contributed by atoms with Crippen LogP contribution in [0.1, 0.15) is 15.9 Å². The monoisotopic (exact) mass is 389 g/mol. The Hall–Kier alpha value is -1.10. The van der Waals surface area contributed by atoms with Crippen molar-refractivity contribution in [2.45, 2.75) is 6.54 Å². The molecule has 0 radical (unpaired) electrons. The number of nitrogens with zero attached hydrogens (tertiary/aromatic N) is 1. The van der Waals surface area contributed by atoms with Crippen LogP contribution in [-0.4, -0.2) is 17.9 Å². The van der Waals surface area contributed by atoms with E-state index in [-0.39, 0.29) is 5.91 Å². The average molecular weight is 391 g/mol. The number of carbonyl (C=O) groups excluding carboxylic acids is 1. The average Bonchev–Trinajstić information content (AvgIpc) is 2.42. The van der Waals surface area contributed by atoms with E-state index in [2.05, 4.69) is 15.9 Å². The van der Waals surface area contributed by atoms with Gasteiger partial charge in [0.15, 0.2) is 0 Å². The molecule has 0 unspecified atom stereocenters. The summed E-state index contributed by atoms with van der Waals surface area (Å²) in [6.45, 7) is 0.375. The Labute approximate surface area is 140 Å². The van der Waals surface area contributed by atoms with Gasteiger partial charge in [0.1, 0.15) is 5.82 Å². The van der Waals surface area contributed by atoms with Crippen LogP contribution in [0, 0.1) is 5.82 Å². The van der Waals surface area contributed by atoms with Gasteiger partial charge in [-0.05, 0) is 51.8 Å². The van der Waals surface area contributed by atoms with Crippen LogP contribution < -0.4 is 0 Å². The largest absolute Gasteiger partial charge is 0.337 e. The van der Waals surface area contributed by atoms with Crippen molar-refractivity contribution in [2.24, 2.45) is 0 Å². The Balaban J connectivity index is 2.17. The van der Waals surface area contributed by atoms with Crippen molar-refractivity contribution in [3.63, 3.8) is 0 Å². The number of carbonyl (C=O) groups is 1. The van der Waals surface area contributed by atoms with E-state index in [4.69, 9.17) is 23.2 Å². The Morgan fingerprint density at radius 3 is 2.52 bits per heavy atom. The van der Waals surface area contributed by atoms with E-state index >= 15 is 0 Å². The molecule has 0 saturated heterocycles. The van der Waals surface area contributed by atoms with Gasteiger partial charge in [-0.25, -0.2) is 4.39 Å². The summed E-state index contributed by atoms with van der Waals surface area (Å²) in [4.78, 5) is 13.9. The second-order valence-electron chi connectivity index (χ2n) is 4.53. The van der Waals surface area contributed by atoms with Gasteiger partial charge in [0.25, 0.3) is 5.91 Å². The quantitative estimate of drug-likeness (QED) is 0.708. The third-order valence-electron chi connectivity index (χ3n) is 2.91. The van der Waals surface area contributed by atoms with Crippen LogP contribution in [0.4, 0.5) is 4.39 Å². The molecule has 0 aliphatic rings. The first-order valence-electron chi connectivity index (χ1n) is 6.03. The molecule has 0 aromatic heterocycles. The zero-order valence-electron chi connectivity index (χ0n) is 11.0. The van der Waals surface area contributed by atoms with Crippen LogP contribution >= 0.6 is 39.1 Å². The van der Waals surface area contributed by atoms with E-state index in [1.165, 1.54) is 23.1 Å². The van der Waals surface area contributed by atoms with Gasteiger partial charge in [-0.15, -0.1) is 0 Å². The van der Waals surface area contributed by atoms with Gasteiger partial charge in [-0.3, -0.25) is 4.79 Å². The number of benzene rings is 2. The van der Waals surface area contributed by atoms with Gasteiger partial charge in [-0.1, -0.05) is 29.3 Å². The zero-order chi connectivity index (χ0) is 15.6. The number of amides is 1. The van der Waals surface area contributed by atoms with Gasteiger partial charge in [-0.2, -0.15) is 0 Å². The maximum Gasteiger partial charge on any atom is 0.255 e. The zero-order valence-corrected chi connectivity index (χ0v) is 14.1. The summed E-state index contributed by atoms with van der Waals surface area (Å²) >= 11 is 15.0. The molecule has 0 bridgehead atoms. The van der Waals surface area contributed by atoms with E-state index in [1.54, 1.807) is 25.2 Å². The molecule has 2 aromatic rings. The summed E-state index contributed by atoms with van der Waals surface area (Å²) in [6.07, 6.45) is 0. The number of hydrogen-bond donors (Lipinski definition) is 0. The SMILES string of the molecule is CN(Cc1ccc(Cl)c(Cl)c1)C(=O)c1ccc(F)cc1Br. The van der Waals surface area contributed by atoms with Gasteiger partial charge >= 0.3 is 0 Å². The fraction of sp³-hybridized carbons (Fsp3) is 0.133. The number of hydrogen-bond acceptors (Lipinski definition) is 1. The Morgan fingerprint density at radius 1 is 1.19 bits per heavy atom. The highest BCUT2D eigenvalue weighted by Gasteiger charge is 2.16. The van der Waals surface area contributed by atoms with E-state index in [9.17, 15) is 9.18 Å². The Bertz CT molecular complexity index is 693. The van der Waals surface area contributed by atoms with Crippen molar-refractivity contribution in [3.8, 4) is 0 Å². The molecule has 0 saturated carbocycles. The molecule has 6 heteroatoms. The predicted octanol–water partition coefficient (Wildman–Crippen LogP) is 5.17.